The molecule has 9 nitrogen and oxygen atoms in total. The van der Waals surface area contributed by atoms with Gasteiger partial charge < -0.3 is 30.5 Å². The average Bonchev–Trinajstić information content (AvgIpc) is 3.05. The number of ether oxygens (including phenoxy) is 1. The summed E-state index contributed by atoms with van der Waals surface area (Å²) in [5, 5.41) is 17.8. The van der Waals surface area contributed by atoms with Crippen molar-refractivity contribution in [2.75, 3.05) is 53.7 Å². The van der Waals surface area contributed by atoms with Crippen LogP contribution in [0.1, 0.15) is 34.5 Å². The minimum atomic E-state index is -0.475. The van der Waals surface area contributed by atoms with Crippen molar-refractivity contribution in [2.45, 2.75) is 13.0 Å². The molecule has 1 atom stereocenters. The van der Waals surface area contributed by atoms with Crippen LogP contribution in [0.15, 0.2) is 97.1 Å². The van der Waals surface area contributed by atoms with E-state index in [0.29, 0.717) is 35.6 Å². The van der Waals surface area contributed by atoms with Crippen LogP contribution in [-0.4, -0.2) is 45.2 Å². The normalized spacial score (nSPS) is 13.4. The second-order valence-corrected chi connectivity index (χ2v) is 10.3. The lowest BCUT2D eigenvalue weighted by Gasteiger charge is -2.38. The molecule has 3 amide bonds. The highest BCUT2D eigenvalue weighted by Crippen LogP contribution is 2.31. The number of para-hydroxylation sites is 2. The van der Waals surface area contributed by atoms with E-state index in [4.69, 9.17) is 10.00 Å². The third kappa shape index (κ3) is 7.05. The highest BCUT2D eigenvalue weighted by Gasteiger charge is 2.24. The number of carbonyl (C=O) groups excluding carboxylic acids is 2. The first-order valence-electron chi connectivity index (χ1n) is 14.2. The summed E-state index contributed by atoms with van der Waals surface area (Å²) in [4.78, 5) is 31.0. The van der Waals surface area contributed by atoms with E-state index in [1.807, 2.05) is 61.5 Å². The van der Waals surface area contributed by atoms with E-state index in [-0.39, 0.29) is 11.9 Å². The highest BCUT2D eigenvalue weighted by atomic mass is 16.5. The van der Waals surface area contributed by atoms with Gasteiger partial charge in [0.2, 0.25) is 0 Å². The Bertz CT molecular complexity index is 1630. The SMILES string of the molecule is COc1ccccc1N1CCN(c2ccc(NC(=O)Nc3cccc(C#N)c3)cc2C(=O)NC(C)c2ccccc2)CC1. The summed E-state index contributed by atoms with van der Waals surface area (Å²) in [6.45, 7) is 4.87. The van der Waals surface area contributed by atoms with E-state index >= 15 is 0 Å². The number of hydrogen-bond donors (Lipinski definition) is 3. The predicted molar refractivity (Wildman–Crippen MR) is 170 cm³/mol. The molecule has 43 heavy (non-hydrogen) atoms. The zero-order valence-electron chi connectivity index (χ0n) is 24.2. The molecule has 0 aromatic heterocycles. The first kappa shape index (κ1) is 29.0. The van der Waals surface area contributed by atoms with Gasteiger partial charge in [0.25, 0.3) is 5.91 Å². The van der Waals surface area contributed by atoms with Gasteiger partial charge in [-0.15, -0.1) is 0 Å². The molecular formula is C34H34N6O3. The van der Waals surface area contributed by atoms with Crippen molar-refractivity contribution in [1.82, 2.24) is 5.32 Å². The van der Waals surface area contributed by atoms with Crippen LogP contribution in [0, 0.1) is 11.3 Å². The number of urea groups is 1. The third-order valence-corrected chi connectivity index (χ3v) is 7.44. The van der Waals surface area contributed by atoms with Crippen LogP contribution in [0.25, 0.3) is 0 Å². The number of nitrogens with one attached hydrogen (secondary N) is 3. The number of hydrogen-bond acceptors (Lipinski definition) is 6. The van der Waals surface area contributed by atoms with Crippen molar-refractivity contribution >= 4 is 34.7 Å². The lowest BCUT2D eigenvalue weighted by atomic mass is 10.1. The summed E-state index contributed by atoms with van der Waals surface area (Å²) in [6.07, 6.45) is 0. The fraction of sp³-hybridized carbons (Fsp3) is 0.206. The number of methoxy groups -OCH3 is 1. The molecule has 5 rings (SSSR count). The van der Waals surface area contributed by atoms with Crippen LogP contribution >= 0.6 is 0 Å². The fourth-order valence-corrected chi connectivity index (χ4v) is 5.21. The number of benzene rings is 4. The van der Waals surface area contributed by atoms with Crippen molar-refractivity contribution in [3.05, 3.63) is 114 Å². The summed E-state index contributed by atoms with van der Waals surface area (Å²) in [5.74, 6) is 0.600. The largest absolute Gasteiger partial charge is 0.495 e. The third-order valence-electron chi connectivity index (χ3n) is 7.44. The second kappa shape index (κ2) is 13.4. The molecule has 4 aromatic rings. The number of anilines is 4. The maximum atomic E-state index is 13.7. The minimum Gasteiger partial charge on any atom is -0.495 e. The molecule has 1 heterocycles. The maximum Gasteiger partial charge on any atom is 0.323 e. The Kier molecular flexibility index (Phi) is 9.08. The topological polar surface area (TPSA) is 110 Å². The minimum absolute atomic E-state index is 0.212. The molecule has 218 valence electrons. The number of amides is 3. The van der Waals surface area contributed by atoms with Crippen molar-refractivity contribution in [1.29, 1.82) is 5.26 Å². The molecule has 0 saturated carbocycles. The summed E-state index contributed by atoms with van der Waals surface area (Å²) < 4.78 is 5.57. The van der Waals surface area contributed by atoms with Gasteiger partial charge in [0.15, 0.2) is 0 Å². The predicted octanol–water partition coefficient (Wildman–Crippen LogP) is 6.03. The first-order chi connectivity index (χ1) is 20.9. The van der Waals surface area contributed by atoms with Crippen LogP contribution in [0.3, 0.4) is 0 Å². The average molecular weight is 575 g/mol. The van der Waals surface area contributed by atoms with Gasteiger partial charge in [-0.3, -0.25) is 4.79 Å². The maximum absolute atomic E-state index is 13.7. The van der Waals surface area contributed by atoms with Crippen molar-refractivity contribution in [3.8, 4) is 11.8 Å². The van der Waals surface area contributed by atoms with Gasteiger partial charge >= 0.3 is 6.03 Å². The zero-order valence-corrected chi connectivity index (χ0v) is 24.2. The summed E-state index contributed by atoms with van der Waals surface area (Å²) in [7, 11) is 1.68. The zero-order chi connectivity index (χ0) is 30.2. The smallest absolute Gasteiger partial charge is 0.323 e. The summed E-state index contributed by atoms with van der Waals surface area (Å²) >= 11 is 0. The molecule has 0 radical (unpaired) electrons. The fourth-order valence-electron chi connectivity index (χ4n) is 5.21. The molecule has 1 fully saturated rings. The number of piperazine rings is 1. The van der Waals surface area contributed by atoms with E-state index < -0.39 is 6.03 Å². The van der Waals surface area contributed by atoms with Gasteiger partial charge in [-0.25, -0.2) is 4.79 Å². The molecule has 4 aromatic carbocycles. The number of nitriles is 1. The Morgan fingerprint density at radius 2 is 1.44 bits per heavy atom. The molecule has 1 saturated heterocycles. The van der Waals surface area contributed by atoms with E-state index in [2.05, 4.69) is 37.9 Å². The van der Waals surface area contributed by atoms with Crippen molar-refractivity contribution < 1.29 is 14.3 Å². The molecule has 1 aliphatic heterocycles. The van der Waals surface area contributed by atoms with Gasteiger partial charge in [0.05, 0.1) is 36.0 Å². The Labute approximate surface area is 251 Å². The standard InChI is InChI=1S/C34H34N6O3/c1-24(26-10-4-3-5-11-26)36-33(41)29-22-28(38-34(42)37-27-12-8-9-25(21-27)23-35)15-16-30(29)39-17-19-40(20-18-39)31-13-6-7-14-32(31)43-2/h3-16,21-22,24H,17-20H2,1-2H3,(H,36,41)(H2,37,38,42). The molecule has 1 aliphatic rings. The summed E-state index contributed by atoms with van der Waals surface area (Å²) in [5.41, 5.74) is 4.72. The first-order valence-corrected chi connectivity index (χ1v) is 14.2. The Balaban J connectivity index is 1.36. The number of carbonyl (C=O) groups is 2. The van der Waals surface area contributed by atoms with Gasteiger partial charge in [-0.1, -0.05) is 48.5 Å². The lowest BCUT2D eigenvalue weighted by molar-refractivity contribution is 0.0940. The van der Waals surface area contributed by atoms with E-state index in [9.17, 15) is 9.59 Å². The van der Waals surface area contributed by atoms with Crippen LogP contribution in [-0.2, 0) is 0 Å². The Hall–Kier alpha value is -5.49. The molecular weight excluding hydrogens is 540 g/mol. The second-order valence-electron chi connectivity index (χ2n) is 10.3. The van der Waals surface area contributed by atoms with Crippen LogP contribution in [0.2, 0.25) is 0 Å². The monoisotopic (exact) mass is 574 g/mol. The number of nitrogens with zero attached hydrogens (tertiary/aromatic N) is 3. The van der Waals surface area contributed by atoms with Crippen LogP contribution < -0.4 is 30.5 Å². The molecule has 1 unspecified atom stereocenters. The Morgan fingerprint density at radius 3 is 2.14 bits per heavy atom. The van der Waals surface area contributed by atoms with E-state index in [0.717, 1.165) is 35.8 Å². The molecule has 9 heteroatoms. The molecule has 3 N–H and O–H groups in total. The van der Waals surface area contributed by atoms with Crippen molar-refractivity contribution in [3.63, 3.8) is 0 Å². The number of rotatable bonds is 8. The van der Waals surface area contributed by atoms with Gasteiger partial charge in [0, 0.05) is 43.2 Å². The molecule has 0 bridgehead atoms. The quantitative estimate of drug-likeness (QED) is 0.237. The molecule has 0 spiro atoms. The van der Waals surface area contributed by atoms with Gasteiger partial charge in [-0.2, -0.15) is 5.26 Å². The van der Waals surface area contributed by atoms with E-state index in [1.54, 1.807) is 43.5 Å². The highest BCUT2D eigenvalue weighted by molar-refractivity contribution is 6.04. The van der Waals surface area contributed by atoms with Crippen molar-refractivity contribution in [2.24, 2.45) is 0 Å². The summed E-state index contributed by atoms with van der Waals surface area (Å²) in [6, 6.07) is 31.2. The van der Waals surface area contributed by atoms with Crippen LogP contribution in [0.5, 0.6) is 5.75 Å². The molecule has 0 aliphatic carbocycles. The van der Waals surface area contributed by atoms with E-state index in [1.165, 1.54) is 0 Å². The Morgan fingerprint density at radius 1 is 0.791 bits per heavy atom. The van der Waals surface area contributed by atoms with Crippen LogP contribution in [0.4, 0.5) is 27.5 Å². The van der Waals surface area contributed by atoms with Gasteiger partial charge in [-0.05, 0) is 61.0 Å². The lowest BCUT2D eigenvalue weighted by Crippen LogP contribution is -2.47. The van der Waals surface area contributed by atoms with Gasteiger partial charge in [0.1, 0.15) is 5.75 Å².